The third-order valence-electron chi connectivity index (χ3n) is 2.89. The Labute approximate surface area is 150 Å². The van der Waals surface area contributed by atoms with Crippen LogP contribution in [-0.4, -0.2) is 17.7 Å². The lowest BCUT2D eigenvalue weighted by atomic mass is 10.2. The second-order valence-electron chi connectivity index (χ2n) is 4.69. The first-order valence-corrected chi connectivity index (χ1v) is 8.50. The molecule has 0 spiro atoms. The summed E-state index contributed by atoms with van der Waals surface area (Å²) in [4.78, 5) is 14.5. The number of benzene rings is 2. The minimum atomic E-state index is -0.434. The zero-order valence-corrected chi connectivity index (χ0v) is 15.5. The SMILES string of the molecule is CCCOc1c(Br)cc(C=Nc2ccc([N+](=O)[O-])cc2)cc1Br. The highest BCUT2D eigenvalue weighted by Gasteiger charge is 2.08. The van der Waals surface area contributed by atoms with Crippen molar-refractivity contribution in [1.82, 2.24) is 0 Å². The molecule has 0 atom stereocenters. The monoisotopic (exact) mass is 440 g/mol. The van der Waals surface area contributed by atoms with Gasteiger partial charge in [0.1, 0.15) is 5.75 Å². The second kappa shape index (κ2) is 8.21. The van der Waals surface area contributed by atoms with Crippen LogP contribution in [0.2, 0.25) is 0 Å². The van der Waals surface area contributed by atoms with Crippen LogP contribution in [0.1, 0.15) is 18.9 Å². The molecule has 0 amide bonds. The van der Waals surface area contributed by atoms with Crippen molar-refractivity contribution >= 4 is 49.4 Å². The first-order chi connectivity index (χ1) is 11.0. The van der Waals surface area contributed by atoms with Crippen LogP contribution < -0.4 is 4.74 Å². The van der Waals surface area contributed by atoms with Crippen molar-refractivity contribution in [2.24, 2.45) is 4.99 Å². The van der Waals surface area contributed by atoms with Crippen molar-refractivity contribution in [2.45, 2.75) is 13.3 Å². The van der Waals surface area contributed by atoms with Gasteiger partial charge in [0.05, 0.1) is 26.2 Å². The maximum absolute atomic E-state index is 10.6. The number of non-ortho nitro benzene ring substituents is 1. The van der Waals surface area contributed by atoms with Gasteiger partial charge in [-0.1, -0.05) is 6.92 Å². The highest BCUT2D eigenvalue weighted by atomic mass is 79.9. The number of aliphatic imine (C=N–C) groups is 1. The molecule has 0 bridgehead atoms. The van der Waals surface area contributed by atoms with Crippen LogP contribution in [0.15, 0.2) is 50.3 Å². The van der Waals surface area contributed by atoms with Crippen LogP contribution >= 0.6 is 31.9 Å². The standard InChI is InChI=1S/C16H14Br2N2O3/c1-2-7-23-16-14(17)8-11(9-15(16)18)10-19-12-3-5-13(6-4-12)20(21)22/h3-6,8-10H,2,7H2,1H3. The summed E-state index contributed by atoms with van der Waals surface area (Å²) >= 11 is 6.98. The van der Waals surface area contributed by atoms with E-state index >= 15 is 0 Å². The van der Waals surface area contributed by atoms with Gasteiger partial charge in [0, 0.05) is 18.3 Å². The normalized spacial score (nSPS) is 10.9. The number of nitrogens with zero attached hydrogens (tertiary/aromatic N) is 2. The molecule has 0 radical (unpaired) electrons. The molecular formula is C16H14Br2N2O3. The molecule has 0 heterocycles. The molecule has 23 heavy (non-hydrogen) atoms. The highest BCUT2D eigenvalue weighted by Crippen LogP contribution is 2.34. The van der Waals surface area contributed by atoms with Gasteiger partial charge in [-0.25, -0.2) is 0 Å². The van der Waals surface area contributed by atoms with Crippen molar-refractivity contribution in [3.8, 4) is 5.75 Å². The van der Waals surface area contributed by atoms with Crippen LogP contribution in [-0.2, 0) is 0 Å². The van der Waals surface area contributed by atoms with E-state index in [9.17, 15) is 10.1 Å². The summed E-state index contributed by atoms with van der Waals surface area (Å²) in [7, 11) is 0. The van der Waals surface area contributed by atoms with Gasteiger partial charge in [-0.05, 0) is 68.1 Å². The Bertz CT molecular complexity index is 708. The van der Waals surface area contributed by atoms with Crippen LogP contribution in [0.3, 0.4) is 0 Å². The number of halogens is 2. The van der Waals surface area contributed by atoms with E-state index in [0.717, 1.165) is 26.7 Å². The topological polar surface area (TPSA) is 64.7 Å². The second-order valence-corrected chi connectivity index (χ2v) is 6.40. The Balaban J connectivity index is 2.17. The molecule has 0 aliphatic carbocycles. The van der Waals surface area contributed by atoms with E-state index in [4.69, 9.17) is 4.74 Å². The predicted octanol–water partition coefficient (Wildman–Crippen LogP) is 5.66. The van der Waals surface area contributed by atoms with Crippen molar-refractivity contribution in [3.63, 3.8) is 0 Å². The zero-order valence-electron chi connectivity index (χ0n) is 12.3. The van der Waals surface area contributed by atoms with Crippen LogP contribution in [0.25, 0.3) is 0 Å². The third-order valence-corrected chi connectivity index (χ3v) is 4.07. The first-order valence-electron chi connectivity index (χ1n) is 6.91. The predicted molar refractivity (Wildman–Crippen MR) is 98.0 cm³/mol. The van der Waals surface area contributed by atoms with Gasteiger partial charge >= 0.3 is 0 Å². The zero-order chi connectivity index (χ0) is 16.8. The fourth-order valence-corrected chi connectivity index (χ4v) is 3.26. The summed E-state index contributed by atoms with van der Waals surface area (Å²) in [5, 5.41) is 10.6. The Morgan fingerprint density at radius 3 is 2.35 bits per heavy atom. The Kier molecular flexibility index (Phi) is 6.29. The molecule has 7 heteroatoms. The summed E-state index contributed by atoms with van der Waals surface area (Å²) in [5.74, 6) is 0.763. The van der Waals surface area contributed by atoms with E-state index in [0.29, 0.717) is 12.3 Å². The molecule has 2 rings (SSSR count). The molecule has 5 nitrogen and oxygen atoms in total. The molecule has 0 aliphatic rings. The molecule has 2 aromatic carbocycles. The third kappa shape index (κ3) is 4.87. The summed E-state index contributed by atoms with van der Waals surface area (Å²) in [6.45, 7) is 2.69. The van der Waals surface area contributed by atoms with Crippen LogP contribution in [0.5, 0.6) is 5.75 Å². The maximum Gasteiger partial charge on any atom is 0.269 e. The van der Waals surface area contributed by atoms with Gasteiger partial charge in [-0.3, -0.25) is 15.1 Å². The highest BCUT2D eigenvalue weighted by molar-refractivity contribution is 9.11. The average molecular weight is 442 g/mol. The van der Waals surface area contributed by atoms with Gasteiger partial charge < -0.3 is 4.74 Å². The smallest absolute Gasteiger partial charge is 0.269 e. The van der Waals surface area contributed by atoms with Crippen LogP contribution in [0.4, 0.5) is 11.4 Å². The maximum atomic E-state index is 10.6. The lowest BCUT2D eigenvalue weighted by Crippen LogP contribution is -1.97. The van der Waals surface area contributed by atoms with Gasteiger partial charge in [0.2, 0.25) is 0 Å². The summed E-state index contributed by atoms with van der Waals surface area (Å²) in [6, 6.07) is 9.89. The average Bonchev–Trinajstić information content (AvgIpc) is 2.52. The first kappa shape index (κ1) is 17.6. The quantitative estimate of drug-likeness (QED) is 0.330. The van der Waals surface area contributed by atoms with Gasteiger partial charge in [0.25, 0.3) is 5.69 Å². The minimum Gasteiger partial charge on any atom is -0.491 e. The number of nitro groups is 1. The summed E-state index contributed by atoms with van der Waals surface area (Å²) in [5.41, 5.74) is 1.58. The Hall–Kier alpha value is -1.73. The number of hydrogen-bond acceptors (Lipinski definition) is 4. The van der Waals surface area contributed by atoms with Crippen molar-refractivity contribution in [2.75, 3.05) is 6.61 Å². The lowest BCUT2D eigenvalue weighted by molar-refractivity contribution is -0.384. The molecule has 0 aromatic heterocycles. The molecule has 0 saturated carbocycles. The van der Waals surface area contributed by atoms with E-state index < -0.39 is 4.92 Å². The number of rotatable bonds is 6. The number of hydrogen-bond donors (Lipinski definition) is 0. The molecular weight excluding hydrogens is 428 g/mol. The van der Waals surface area contributed by atoms with Crippen molar-refractivity contribution < 1.29 is 9.66 Å². The van der Waals surface area contributed by atoms with Gasteiger partial charge in [-0.15, -0.1) is 0 Å². The van der Waals surface area contributed by atoms with Gasteiger partial charge in [-0.2, -0.15) is 0 Å². The molecule has 0 saturated heterocycles. The molecule has 0 aliphatic heterocycles. The number of ether oxygens (including phenoxy) is 1. The fraction of sp³-hybridized carbons (Fsp3) is 0.188. The summed E-state index contributed by atoms with van der Waals surface area (Å²) < 4.78 is 7.34. The molecule has 120 valence electrons. The van der Waals surface area contributed by atoms with E-state index in [1.807, 2.05) is 19.1 Å². The fourth-order valence-electron chi connectivity index (χ4n) is 1.81. The van der Waals surface area contributed by atoms with Crippen molar-refractivity contribution in [1.29, 1.82) is 0 Å². The van der Waals surface area contributed by atoms with E-state index in [1.54, 1.807) is 18.3 Å². The van der Waals surface area contributed by atoms with E-state index in [-0.39, 0.29) is 5.69 Å². The molecule has 0 N–H and O–H groups in total. The molecule has 2 aromatic rings. The largest absolute Gasteiger partial charge is 0.491 e. The van der Waals surface area contributed by atoms with E-state index in [2.05, 4.69) is 36.9 Å². The summed E-state index contributed by atoms with van der Waals surface area (Å²) in [6.07, 6.45) is 2.63. The van der Waals surface area contributed by atoms with Crippen LogP contribution in [0, 0.1) is 10.1 Å². The number of nitro benzene ring substituents is 1. The minimum absolute atomic E-state index is 0.0480. The van der Waals surface area contributed by atoms with Gasteiger partial charge in [0.15, 0.2) is 0 Å². The molecule has 0 fully saturated rings. The molecule has 0 unspecified atom stereocenters. The Morgan fingerprint density at radius 1 is 1.22 bits per heavy atom. The van der Waals surface area contributed by atoms with E-state index in [1.165, 1.54) is 12.1 Å². The lowest BCUT2D eigenvalue weighted by Gasteiger charge is -2.10. The Morgan fingerprint density at radius 2 is 1.83 bits per heavy atom. The van der Waals surface area contributed by atoms with Crippen molar-refractivity contribution in [3.05, 3.63) is 61.0 Å².